The van der Waals surface area contributed by atoms with Crippen molar-refractivity contribution in [2.24, 2.45) is 0 Å². The molecule has 158 valence electrons. The van der Waals surface area contributed by atoms with Gasteiger partial charge in [0.15, 0.2) is 0 Å². The quantitative estimate of drug-likeness (QED) is 0.748. The summed E-state index contributed by atoms with van der Waals surface area (Å²) in [5.41, 5.74) is 2.49. The number of nitrogens with one attached hydrogen (secondary N) is 1. The highest BCUT2D eigenvalue weighted by molar-refractivity contribution is 6.33. The number of aryl methyl sites for hydroxylation is 1. The summed E-state index contributed by atoms with van der Waals surface area (Å²) < 4.78 is 5.29. The van der Waals surface area contributed by atoms with Crippen LogP contribution in [0.3, 0.4) is 0 Å². The van der Waals surface area contributed by atoms with Crippen LogP contribution in [0.2, 0.25) is 5.02 Å². The first kappa shape index (κ1) is 20.9. The summed E-state index contributed by atoms with van der Waals surface area (Å²) >= 11 is 6.39. The second kappa shape index (κ2) is 8.40. The van der Waals surface area contributed by atoms with Crippen molar-refractivity contribution in [3.05, 3.63) is 64.2 Å². The van der Waals surface area contributed by atoms with E-state index in [4.69, 9.17) is 16.3 Å². The number of hydrogen-bond acceptors (Lipinski definition) is 3. The molecule has 0 aromatic heterocycles. The molecule has 2 aromatic carbocycles. The topological polar surface area (TPSA) is 58.6 Å². The molecule has 1 saturated carbocycles. The molecule has 2 aromatic rings. The van der Waals surface area contributed by atoms with Crippen LogP contribution in [0.5, 0.6) is 0 Å². The monoisotopic (exact) mass is 426 g/mol. The van der Waals surface area contributed by atoms with Gasteiger partial charge < -0.3 is 15.0 Å². The number of halogens is 1. The number of fused-ring (bicyclic) bond motifs is 1. The molecular weight excluding hydrogens is 400 g/mol. The number of carbonyl (C=O) groups excluding carboxylic acids is 2. The highest BCUT2D eigenvalue weighted by Gasteiger charge is 2.55. The fourth-order valence-corrected chi connectivity index (χ4v) is 5.38. The van der Waals surface area contributed by atoms with Gasteiger partial charge in [0.05, 0.1) is 28.8 Å². The predicted molar refractivity (Wildman–Crippen MR) is 118 cm³/mol. The Morgan fingerprint density at radius 3 is 2.67 bits per heavy atom. The predicted octanol–water partition coefficient (Wildman–Crippen LogP) is 4.79. The van der Waals surface area contributed by atoms with Gasteiger partial charge in [-0.25, -0.2) is 0 Å². The van der Waals surface area contributed by atoms with Crippen molar-refractivity contribution >= 4 is 29.1 Å². The van der Waals surface area contributed by atoms with Gasteiger partial charge in [-0.15, -0.1) is 0 Å². The second-order valence-electron chi connectivity index (χ2n) is 8.25. The molecule has 1 spiro atoms. The summed E-state index contributed by atoms with van der Waals surface area (Å²) in [4.78, 5) is 29.0. The van der Waals surface area contributed by atoms with E-state index in [2.05, 4.69) is 5.32 Å². The Balaban J connectivity index is 1.79. The Morgan fingerprint density at radius 1 is 1.23 bits per heavy atom. The molecule has 1 aliphatic carbocycles. The first-order valence-corrected chi connectivity index (χ1v) is 10.8. The van der Waals surface area contributed by atoms with Gasteiger partial charge in [-0.2, -0.15) is 0 Å². The van der Waals surface area contributed by atoms with Crippen LogP contribution in [0, 0.1) is 6.92 Å². The lowest BCUT2D eigenvalue weighted by Crippen LogP contribution is -2.60. The van der Waals surface area contributed by atoms with Gasteiger partial charge in [0.1, 0.15) is 0 Å². The Labute approximate surface area is 182 Å². The third-order valence-corrected chi connectivity index (χ3v) is 6.77. The Morgan fingerprint density at radius 2 is 1.97 bits per heavy atom. The minimum absolute atomic E-state index is 0.0121. The van der Waals surface area contributed by atoms with Gasteiger partial charge in [0, 0.05) is 19.2 Å². The highest BCUT2D eigenvalue weighted by atomic mass is 35.5. The van der Waals surface area contributed by atoms with E-state index in [0.29, 0.717) is 29.4 Å². The molecule has 1 atom stereocenters. The number of methoxy groups -OCH3 is 1. The maximum atomic E-state index is 13.7. The smallest absolute Gasteiger partial charge is 0.254 e. The van der Waals surface area contributed by atoms with E-state index in [1.54, 1.807) is 7.11 Å². The first-order chi connectivity index (χ1) is 14.5. The van der Waals surface area contributed by atoms with E-state index in [0.717, 1.165) is 36.8 Å². The SMILES string of the molecule is COCCN1C(=O)c2ccccc2[C@H](C(=O)Nc2ccc(C)cc2Cl)C12CCCC2. The van der Waals surface area contributed by atoms with E-state index in [1.165, 1.54) is 0 Å². The van der Waals surface area contributed by atoms with E-state index in [1.807, 2.05) is 54.3 Å². The maximum absolute atomic E-state index is 13.7. The molecule has 4 rings (SSSR count). The summed E-state index contributed by atoms with van der Waals surface area (Å²) in [7, 11) is 1.63. The Hall–Kier alpha value is -2.37. The van der Waals surface area contributed by atoms with Crippen molar-refractivity contribution in [2.75, 3.05) is 25.6 Å². The number of carbonyl (C=O) groups is 2. The summed E-state index contributed by atoms with van der Waals surface area (Å²) in [6.45, 7) is 2.87. The van der Waals surface area contributed by atoms with Gasteiger partial charge in [0.2, 0.25) is 5.91 Å². The number of amides is 2. The molecule has 30 heavy (non-hydrogen) atoms. The van der Waals surface area contributed by atoms with Crippen molar-refractivity contribution < 1.29 is 14.3 Å². The fraction of sp³-hybridized carbons (Fsp3) is 0.417. The molecule has 0 radical (unpaired) electrons. The fourth-order valence-electron chi connectivity index (χ4n) is 5.10. The second-order valence-corrected chi connectivity index (χ2v) is 8.66. The molecule has 2 amide bonds. The van der Waals surface area contributed by atoms with Crippen molar-refractivity contribution in [2.45, 2.75) is 44.1 Å². The molecule has 5 nitrogen and oxygen atoms in total. The molecule has 1 aliphatic heterocycles. The van der Waals surface area contributed by atoms with Gasteiger partial charge >= 0.3 is 0 Å². The minimum atomic E-state index is -0.536. The molecule has 0 unspecified atom stereocenters. The van der Waals surface area contributed by atoms with Crippen LogP contribution in [-0.2, 0) is 9.53 Å². The zero-order valence-corrected chi connectivity index (χ0v) is 18.2. The molecule has 1 N–H and O–H groups in total. The molecular formula is C24H27ClN2O3. The maximum Gasteiger partial charge on any atom is 0.254 e. The van der Waals surface area contributed by atoms with Crippen molar-refractivity contribution in [1.82, 2.24) is 4.90 Å². The molecule has 0 bridgehead atoms. The third-order valence-electron chi connectivity index (χ3n) is 6.46. The summed E-state index contributed by atoms with van der Waals surface area (Å²) in [5.74, 6) is -0.588. The number of benzene rings is 2. The van der Waals surface area contributed by atoms with Crippen LogP contribution in [0.1, 0.15) is 53.1 Å². The van der Waals surface area contributed by atoms with Crippen LogP contribution in [0.15, 0.2) is 42.5 Å². The first-order valence-electron chi connectivity index (χ1n) is 10.4. The van der Waals surface area contributed by atoms with E-state index >= 15 is 0 Å². The average Bonchev–Trinajstić information content (AvgIpc) is 3.20. The highest BCUT2D eigenvalue weighted by Crippen LogP contribution is 2.50. The van der Waals surface area contributed by atoms with Gasteiger partial charge in [-0.1, -0.05) is 48.7 Å². The van der Waals surface area contributed by atoms with Crippen LogP contribution < -0.4 is 5.32 Å². The van der Waals surface area contributed by atoms with Crippen LogP contribution >= 0.6 is 11.6 Å². The number of anilines is 1. The van der Waals surface area contributed by atoms with E-state index in [-0.39, 0.29) is 11.8 Å². The average molecular weight is 427 g/mol. The summed E-state index contributed by atoms with van der Waals surface area (Å²) in [6.07, 6.45) is 3.59. The number of nitrogens with zero attached hydrogens (tertiary/aromatic N) is 1. The standard InChI is InChI=1S/C24H27ClN2O3/c1-16-9-10-20(19(25)15-16)26-22(28)21-17-7-3-4-8-18(17)23(29)27(13-14-30-2)24(21)11-5-6-12-24/h3-4,7-10,15,21H,5-6,11-14H2,1-2H3,(H,26,28)/t21-/m1/s1. The molecule has 0 saturated heterocycles. The summed E-state index contributed by atoms with van der Waals surface area (Å²) in [6, 6.07) is 13.1. The van der Waals surface area contributed by atoms with Gasteiger partial charge in [0.25, 0.3) is 5.91 Å². The lowest BCUT2D eigenvalue weighted by atomic mass is 9.71. The molecule has 1 heterocycles. The van der Waals surface area contributed by atoms with Gasteiger partial charge in [-0.05, 0) is 49.1 Å². The number of rotatable bonds is 5. The largest absolute Gasteiger partial charge is 0.383 e. The summed E-state index contributed by atoms with van der Waals surface area (Å²) in [5, 5.41) is 3.56. The third kappa shape index (κ3) is 3.50. The zero-order chi connectivity index (χ0) is 21.3. The Kier molecular flexibility index (Phi) is 5.85. The van der Waals surface area contributed by atoms with Crippen molar-refractivity contribution in [1.29, 1.82) is 0 Å². The molecule has 1 fully saturated rings. The van der Waals surface area contributed by atoms with Crippen LogP contribution in [-0.4, -0.2) is 42.5 Å². The molecule has 2 aliphatic rings. The number of hydrogen-bond donors (Lipinski definition) is 1. The van der Waals surface area contributed by atoms with Gasteiger partial charge in [-0.3, -0.25) is 9.59 Å². The normalized spacial score (nSPS) is 19.8. The van der Waals surface area contributed by atoms with Crippen LogP contribution in [0.4, 0.5) is 5.69 Å². The lowest BCUT2D eigenvalue weighted by Gasteiger charge is -2.50. The van der Waals surface area contributed by atoms with E-state index in [9.17, 15) is 9.59 Å². The number of ether oxygens (including phenoxy) is 1. The van der Waals surface area contributed by atoms with E-state index < -0.39 is 11.5 Å². The lowest BCUT2D eigenvalue weighted by molar-refractivity contribution is -0.121. The van der Waals surface area contributed by atoms with Crippen LogP contribution in [0.25, 0.3) is 0 Å². The van der Waals surface area contributed by atoms with Crippen molar-refractivity contribution in [3.8, 4) is 0 Å². The minimum Gasteiger partial charge on any atom is -0.383 e. The molecule has 6 heteroatoms. The van der Waals surface area contributed by atoms with Crippen molar-refractivity contribution in [3.63, 3.8) is 0 Å². The zero-order valence-electron chi connectivity index (χ0n) is 17.4. The Bertz CT molecular complexity index is 969.